The second-order valence-corrected chi connectivity index (χ2v) is 7.14. The van der Waals surface area contributed by atoms with E-state index in [2.05, 4.69) is 10.4 Å². The maximum absolute atomic E-state index is 13.4. The van der Waals surface area contributed by atoms with Crippen molar-refractivity contribution in [3.8, 4) is 5.69 Å². The zero-order valence-corrected chi connectivity index (χ0v) is 15.9. The first-order valence-electron chi connectivity index (χ1n) is 9.53. The summed E-state index contributed by atoms with van der Waals surface area (Å²) in [5.74, 6) is -1.06. The minimum Gasteiger partial charge on any atom is -0.395 e. The van der Waals surface area contributed by atoms with E-state index in [1.165, 1.54) is 4.68 Å². The van der Waals surface area contributed by atoms with Gasteiger partial charge in [0.15, 0.2) is 5.69 Å². The summed E-state index contributed by atoms with van der Waals surface area (Å²) in [6, 6.07) is 6.43. The first kappa shape index (κ1) is 20.1. The Hall–Kier alpha value is -3.14. The van der Waals surface area contributed by atoms with Crippen molar-refractivity contribution in [2.75, 3.05) is 18.5 Å². The second-order valence-electron chi connectivity index (χ2n) is 7.14. The van der Waals surface area contributed by atoms with E-state index in [0.717, 1.165) is 17.4 Å². The molecule has 2 N–H and O–H groups in total. The third-order valence-corrected chi connectivity index (χ3v) is 5.17. The van der Waals surface area contributed by atoms with Crippen LogP contribution in [0.4, 0.5) is 18.9 Å². The number of carbonyl (C=O) groups is 2. The van der Waals surface area contributed by atoms with E-state index >= 15 is 0 Å². The molecule has 2 amide bonds. The van der Waals surface area contributed by atoms with Gasteiger partial charge in [0.25, 0.3) is 11.8 Å². The van der Waals surface area contributed by atoms with Gasteiger partial charge >= 0.3 is 6.18 Å². The van der Waals surface area contributed by atoms with Crippen molar-refractivity contribution in [1.29, 1.82) is 0 Å². The van der Waals surface area contributed by atoms with Crippen molar-refractivity contribution >= 4 is 17.5 Å². The van der Waals surface area contributed by atoms with Gasteiger partial charge in [-0.15, -0.1) is 0 Å². The van der Waals surface area contributed by atoms with Crippen molar-refractivity contribution < 1.29 is 27.9 Å². The predicted molar refractivity (Wildman–Crippen MR) is 101 cm³/mol. The number of fused-ring (bicyclic) bond motifs is 1. The number of amides is 2. The minimum absolute atomic E-state index is 0.0667. The molecule has 158 valence electrons. The number of aliphatic hydroxyl groups excluding tert-OH is 1. The van der Waals surface area contributed by atoms with Crippen LogP contribution in [0.2, 0.25) is 0 Å². The molecule has 0 radical (unpaired) electrons. The average molecular weight is 420 g/mol. The van der Waals surface area contributed by atoms with Gasteiger partial charge < -0.3 is 10.4 Å². The maximum Gasteiger partial charge on any atom is 0.435 e. The Balaban J connectivity index is 1.58. The van der Waals surface area contributed by atoms with Gasteiger partial charge in [-0.3, -0.25) is 14.5 Å². The van der Waals surface area contributed by atoms with E-state index in [-0.39, 0.29) is 24.4 Å². The van der Waals surface area contributed by atoms with E-state index in [4.69, 9.17) is 5.11 Å². The summed E-state index contributed by atoms with van der Waals surface area (Å²) in [6.07, 6.45) is -0.951. The molecule has 10 heteroatoms. The van der Waals surface area contributed by atoms with E-state index in [0.29, 0.717) is 36.3 Å². The predicted octanol–water partition coefficient (Wildman–Crippen LogP) is 2.43. The molecule has 2 aliphatic rings. The molecule has 0 atom stereocenters. The van der Waals surface area contributed by atoms with Crippen LogP contribution in [0.5, 0.6) is 0 Å². The van der Waals surface area contributed by atoms with Crippen molar-refractivity contribution in [3.05, 3.63) is 53.0 Å². The highest BCUT2D eigenvalue weighted by molar-refractivity contribution is 6.17. The molecule has 30 heavy (non-hydrogen) atoms. The Bertz CT molecular complexity index is 1030. The molecular formula is C20H19F3N4O3. The van der Waals surface area contributed by atoms with Crippen LogP contribution in [0.3, 0.4) is 0 Å². The first-order valence-corrected chi connectivity index (χ1v) is 9.53. The number of imide groups is 1. The van der Waals surface area contributed by atoms with Gasteiger partial charge in [0, 0.05) is 23.0 Å². The van der Waals surface area contributed by atoms with Crippen LogP contribution >= 0.6 is 0 Å². The number of alkyl halides is 3. The lowest BCUT2D eigenvalue weighted by molar-refractivity contribution is -0.142. The molecule has 2 aromatic rings. The SMILES string of the molecule is O=C1C=C(Nc2ccc(-n3nc(C(F)(F)F)c4c3CCCC4)cc2)C(=O)N1CCO. The lowest BCUT2D eigenvalue weighted by Crippen LogP contribution is -2.34. The number of carbonyl (C=O) groups excluding carboxylic acids is 2. The number of halogens is 3. The summed E-state index contributed by atoms with van der Waals surface area (Å²) in [5.41, 5.74) is 1.06. The van der Waals surface area contributed by atoms with E-state index in [1.54, 1.807) is 24.3 Å². The van der Waals surface area contributed by atoms with Gasteiger partial charge in [-0.05, 0) is 49.9 Å². The zero-order chi connectivity index (χ0) is 21.5. The van der Waals surface area contributed by atoms with Gasteiger partial charge in [-0.2, -0.15) is 18.3 Å². The number of benzene rings is 1. The fraction of sp³-hybridized carbons (Fsp3) is 0.350. The van der Waals surface area contributed by atoms with Crippen molar-refractivity contribution in [2.24, 2.45) is 0 Å². The fourth-order valence-electron chi connectivity index (χ4n) is 3.79. The Morgan fingerprint density at radius 3 is 2.47 bits per heavy atom. The monoisotopic (exact) mass is 420 g/mol. The van der Waals surface area contributed by atoms with Crippen LogP contribution in [-0.4, -0.2) is 44.8 Å². The molecule has 0 fully saturated rings. The topological polar surface area (TPSA) is 87.5 Å². The van der Waals surface area contributed by atoms with Crippen LogP contribution in [0.25, 0.3) is 5.69 Å². The average Bonchev–Trinajstić information content (AvgIpc) is 3.22. The Labute approximate surface area is 169 Å². The lowest BCUT2D eigenvalue weighted by atomic mass is 9.95. The number of anilines is 1. The molecule has 4 rings (SSSR count). The second kappa shape index (κ2) is 7.60. The van der Waals surface area contributed by atoms with Gasteiger partial charge in [0.05, 0.1) is 18.8 Å². The Kier molecular flexibility index (Phi) is 5.10. The molecule has 2 heterocycles. The normalized spacial score (nSPS) is 16.7. The van der Waals surface area contributed by atoms with Gasteiger partial charge in [0.2, 0.25) is 0 Å². The fourth-order valence-corrected chi connectivity index (χ4v) is 3.79. The number of hydrogen-bond donors (Lipinski definition) is 2. The Morgan fingerprint density at radius 1 is 1.10 bits per heavy atom. The summed E-state index contributed by atoms with van der Waals surface area (Å²) in [6.45, 7) is -0.425. The molecule has 0 saturated heterocycles. The summed E-state index contributed by atoms with van der Waals surface area (Å²) >= 11 is 0. The molecule has 0 unspecified atom stereocenters. The molecule has 0 spiro atoms. The van der Waals surface area contributed by atoms with Crippen LogP contribution in [-0.2, 0) is 28.6 Å². The first-order chi connectivity index (χ1) is 14.3. The summed E-state index contributed by atoms with van der Waals surface area (Å²) < 4.78 is 41.5. The van der Waals surface area contributed by atoms with Crippen molar-refractivity contribution in [3.63, 3.8) is 0 Å². The largest absolute Gasteiger partial charge is 0.435 e. The zero-order valence-electron chi connectivity index (χ0n) is 15.9. The highest BCUT2D eigenvalue weighted by Crippen LogP contribution is 2.37. The molecule has 0 saturated carbocycles. The van der Waals surface area contributed by atoms with Crippen LogP contribution in [0, 0.1) is 0 Å². The van der Waals surface area contributed by atoms with Gasteiger partial charge in [0.1, 0.15) is 5.70 Å². The molecular weight excluding hydrogens is 401 g/mol. The standard InChI is InChI=1S/C20H19F3N4O3/c21-20(22,23)18-14-3-1-2-4-16(14)27(25-18)13-7-5-12(6-8-13)24-15-11-17(29)26(9-10-28)19(15)30/h5-8,11,24,28H,1-4,9-10H2. The molecule has 0 bridgehead atoms. The number of nitrogens with one attached hydrogen (secondary N) is 1. The third-order valence-electron chi connectivity index (χ3n) is 5.17. The number of hydrogen-bond acceptors (Lipinski definition) is 5. The number of β-amino-alcohol motifs (C(OH)–C–C–N with tert-alkyl or cyclic N) is 1. The van der Waals surface area contributed by atoms with Crippen LogP contribution < -0.4 is 5.32 Å². The number of aromatic nitrogens is 2. The van der Waals surface area contributed by atoms with Crippen molar-refractivity contribution in [2.45, 2.75) is 31.9 Å². The third kappa shape index (κ3) is 3.58. The highest BCUT2D eigenvalue weighted by atomic mass is 19.4. The van der Waals surface area contributed by atoms with E-state index in [9.17, 15) is 22.8 Å². The number of aliphatic hydroxyl groups is 1. The quantitative estimate of drug-likeness (QED) is 0.726. The molecule has 1 aliphatic heterocycles. The van der Waals surface area contributed by atoms with Crippen LogP contribution in [0.15, 0.2) is 36.0 Å². The highest BCUT2D eigenvalue weighted by Gasteiger charge is 2.39. The molecule has 1 aliphatic carbocycles. The Morgan fingerprint density at radius 2 is 1.80 bits per heavy atom. The van der Waals surface area contributed by atoms with E-state index in [1.807, 2.05) is 0 Å². The number of rotatable bonds is 5. The minimum atomic E-state index is -4.50. The maximum atomic E-state index is 13.4. The summed E-state index contributed by atoms with van der Waals surface area (Å²) in [4.78, 5) is 24.9. The van der Waals surface area contributed by atoms with Crippen molar-refractivity contribution in [1.82, 2.24) is 14.7 Å². The number of nitrogens with zero attached hydrogens (tertiary/aromatic N) is 3. The molecule has 1 aromatic carbocycles. The molecule has 7 nitrogen and oxygen atoms in total. The van der Waals surface area contributed by atoms with E-state index < -0.39 is 23.7 Å². The van der Waals surface area contributed by atoms with Gasteiger partial charge in [-0.1, -0.05) is 0 Å². The summed E-state index contributed by atoms with van der Waals surface area (Å²) in [7, 11) is 0. The lowest BCUT2D eigenvalue weighted by Gasteiger charge is -2.15. The van der Waals surface area contributed by atoms with Crippen LogP contribution in [0.1, 0.15) is 29.8 Å². The van der Waals surface area contributed by atoms with Gasteiger partial charge in [-0.25, -0.2) is 4.68 Å². The smallest absolute Gasteiger partial charge is 0.395 e. The summed E-state index contributed by atoms with van der Waals surface area (Å²) in [5, 5.41) is 15.6. The molecule has 1 aromatic heterocycles.